The highest BCUT2D eigenvalue weighted by molar-refractivity contribution is 5.95. The van der Waals surface area contributed by atoms with Crippen molar-refractivity contribution in [1.82, 2.24) is 5.32 Å². The van der Waals surface area contributed by atoms with Gasteiger partial charge in [-0.05, 0) is 24.5 Å². The van der Waals surface area contributed by atoms with Gasteiger partial charge in [0.1, 0.15) is 6.26 Å². The summed E-state index contributed by atoms with van der Waals surface area (Å²) >= 11 is 0. The number of hydrogen-bond acceptors (Lipinski definition) is 3. The lowest BCUT2D eigenvalue weighted by Gasteiger charge is -2.13. The van der Waals surface area contributed by atoms with E-state index in [0.29, 0.717) is 0 Å². The molecule has 0 saturated carbocycles. The molecule has 0 aliphatic carbocycles. The van der Waals surface area contributed by atoms with Gasteiger partial charge in [-0.1, -0.05) is 31.2 Å². The predicted molar refractivity (Wildman–Crippen MR) is 77.4 cm³/mol. The number of aromatic carboxylic acids is 1. The molecule has 2 aromatic rings. The average Bonchev–Trinajstić information content (AvgIpc) is 2.97. The molecule has 2 rings (SSSR count). The fourth-order valence-corrected chi connectivity index (χ4v) is 1.96. The number of carboxylic acids is 1. The molecule has 5 nitrogen and oxygen atoms in total. The molecule has 0 aliphatic rings. The molecule has 0 bridgehead atoms. The number of rotatable bonds is 5. The third kappa shape index (κ3) is 3.51. The van der Waals surface area contributed by atoms with Gasteiger partial charge in [0.15, 0.2) is 5.76 Å². The van der Waals surface area contributed by atoms with Crippen molar-refractivity contribution in [2.75, 3.05) is 0 Å². The van der Waals surface area contributed by atoms with Crippen LogP contribution >= 0.6 is 0 Å². The normalized spacial score (nSPS) is 11.9. The minimum absolute atomic E-state index is 0.00979. The van der Waals surface area contributed by atoms with E-state index >= 15 is 0 Å². The summed E-state index contributed by atoms with van der Waals surface area (Å²) in [7, 11) is 0. The Labute approximate surface area is 122 Å². The van der Waals surface area contributed by atoms with Crippen LogP contribution in [0.4, 0.5) is 0 Å². The molecule has 5 heteroatoms. The summed E-state index contributed by atoms with van der Waals surface area (Å²) in [4.78, 5) is 22.7. The van der Waals surface area contributed by atoms with Crippen molar-refractivity contribution in [3.63, 3.8) is 0 Å². The Bertz CT molecular complexity index is 643. The fourth-order valence-electron chi connectivity index (χ4n) is 1.96. The lowest BCUT2D eigenvalue weighted by Crippen LogP contribution is -2.26. The van der Waals surface area contributed by atoms with Gasteiger partial charge in [-0.25, -0.2) is 4.79 Å². The van der Waals surface area contributed by atoms with Gasteiger partial charge < -0.3 is 14.8 Å². The lowest BCUT2D eigenvalue weighted by molar-refractivity contribution is 0.0695. The first-order chi connectivity index (χ1) is 10.0. The van der Waals surface area contributed by atoms with Crippen LogP contribution in [0.2, 0.25) is 0 Å². The largest absolute Gasteiger partial charge is 0.478 e. The van der Waals surface area contributed by atoms with Crippen LogP contribution in [0.25, 0.3) is 0 Å². The van der Waals surface area contributed by atoms with E-state index < -0.39 is 11.9 Å². The summed E-state index contributed by atoms with van der Waals surface area (Å²) in [5, 5.41) is 11.6. The second kappa shape index (κ2) is 6.26. The molecule has 1 amide bonds. The van der Waals surface area contributed by atoms with E-state index in [1.807, 2.05) is 31.2 Å². The Balaban J connectivity index is 2.05. The van der Waals surface area contributed by atoms with Gasteiger partial charge >= 0.3 is 5.97 Å². The standard InChI is InChI=1S/C16H17NO4/c1-3-11-4-6-12(7-5-11)10(2)17-15(18)14-8-13(9-21-14)16(19)20/h4-10H,3H2,1-2H3,(H,17,18)(H,19,20). The van der Waals surface area contributed by atoms with E-state index in [1.165, 1.54) is 11.6 Å². The number of aryl methyl sites for hydroxylation is 1. The minimum atomic E-state index is -1.12. The zero-order valence-corrected chi connectivity index (χ0v) is 11.9. The monoisotopic (exact) mass is 287 g/mol. The topological polar surface area (TPSA) is 79.5 Å². The van der Waals surface area contributed by atoms with E-state index in [0.717, 1.165) is 18.2 Å². The first-order valence-electron chi connectivity index (χ1n) is 6.72. The number of amides is 1. The van der Waals surface area contributed by atoms with Gasteiger partial charge in [-0.2, -0.15) is 0 Å². The second-order valence-electron chi connectivity index (χ2n) is 4.80. The maximum atomic E-state index is 12.0. The van der Waals surface area contributed by atoms with Crippen LogP contribution in [-0.2, 0) is 6.42 Å². The molecule has 1 unspecified atom stereocenters. The molecule has 1 aromatic carbocycles. The number of hydrogen-bond donors (Lipinski definition) is 2. The zero-order chi connectivity index (χ0) is 15.4. The van der Waals surface area contributed by atoms with Crippen molar-refractivity contribution >= 4 is 11.9 Å². The SMILES string of the molecule is CCc1ccc(C(C)NC(=O)c2cc(C(=O)O)co2)cc1. The van der Waals surface area contributed by atoms with Crippen molar-refractivity contribution in [2.45, 2.75) is 26.3 Å². The molecule has 0 saturated heterocycles. The fraction of sp³-hybridized carbons (Fsp3) is 0.250. The van der Waals surface area contributed by atoms with Crippen LogP contribution in [0, 0.1) is 0 Å². The van der Waals surface area contributed by atoms with E-state index in [-0.39, 0.29) is 17.4 Å². The molecule has 1 aromatic heterocycles. The molecular weight excluding hydrogens is 270 g/mol. The molecule has 0 fully saturated rings. The van der Waals surface area contributed by atoms with E-state index in [9.17, 15) is 9.59 Å². The first kappa shape index (κ1) is 14.8. The van der Waals surface area contributed by atoms with E-state index in [1.54, 1.807) is 0 Å². The Kier molecular flexibility index (Phi) is 4.42. The Morgan fingerprint density at radius 3 is 2.48 bits per heavy atom. The summed E-state index contributed by atoms with van der Waals surface area (Å²) in [6.45, 7) is 3.94. The minimum Gasteiger partial charge on any atom is -0.478 e. The number of carbonyl (C=O) groups excluding carboxylic acids is 1. The van der Waals surface area contributed by atoms with Crippen LogP contribution < -0.4 is 5.32 Å². The molecule has 0 spiro atoms. The number of benzene rings is 1. The third-order valence-corrected chi connectivity index (χ3v) is 3.31. The summed E-state index contributed by atoms with van der Waals surface area (Å²) in [6, 6.07) is 9.00. The number of furan rings is 1. The molecule has 21 heavy (non-hydrogen) atoms. The Morgan fingerprint density at radius 2 is 1.95 bits per heavy atom. The molecule has 1 heterocycles. The lowest BCUT2D eigenvalue weighted by atomic mass is 10.0. The van der Waals surface area contributed by atoms with Crippen molar-refractivity contribution in [3.05, 3.63) is 59.0 Å². The summed E-state index contributed by atoms with van der Waals surface area (Å²) in [5.74, 6) is -1.57. The van der Waals surface area contributed by atoms with Crippen molar-refractivity contribution in [1.29, 1.82) is 0 Å². The summed E-state index contributed by atoms with van der Waals surface area (Å²) < 4.78 is 4.97. The predicted octanol–water partition coefficient (Wildman–Crippen LogP) is 3.03. The smallest absolute Gasteiger partial charge is 0.338 e. The molecular formula is C16H17NO4. The number of nitrogens with one attached hydrogen (secondary N) is 1. The van der Waals surface area contributed by atoms with Gasteiger partial charge in [-0.15, -0.1) is 0 Å². The molecule has 0 radical (unpaired) electrons. The van der Waals surface area contributed by atoms with Gasteiger partial charge in [-0.3, -0.25) is 4.79 Å². The van der Waals surface area contributed by atoms with Crippen LogP contribution in [0.3, 0.4) is 0 Å². The van der Waals surface area contributed by atoms with Gasteiger partial charge in [0.25, 0.3) is 5.91 Å². The van der Waals surface area contributed by atoms with Crippen LogP contribution in [0.15, 0.2) is 41.0 Å². The van der Waals surface area contributed by atoms with Crippen molar-refractivity contribution < 1.29 is 19.1 Å². The second-order valence-corrected chi connectivity index (χ2v) is 4.80. The highest BCUT2D eigenvalue weighted by Gasteiger charge is 2.17. The maximum Gasteiger partial charge on any atom is 0.338 e. The zero-order valence-electron chi connectivity index (χ0n) is 11.9. The first-order valence-corrected chi connectivity index (χ1v) is 6.72. The Hall–Kier alpha value is -2.56. The number of carbonyl (C=O) groups is 2. The maximum absolute atomic E-state index is 12.0. The van der Waals surface area contributed by atoms with Crippen LogP contribution in [0.5, 0.6) is 0 Å². The summed E-state index contributed by atoms with van der Waals surface area (Å²) in [6.07, 6.45) is 2.02. The van der Waals surface area contributed by atoms with Gasteiger partial charge in [0.05, 0.1) is 11.6 Å². The van der Waals surface area contributed by atoms with Crippen molar-refractivity contribution in [2.24, 2.45) is 0 Å². The average molecular weight is 287 g/mol. The molecule has 2 N–H and O–H groups in total. The van der Waals surface area contributed by atoms with E-state index in [2.05, 4.69) is 12.2 Å². The molecule has 0 aliphatic heterocycles. The quantitative estimate of drug-likeness (QED) is 0.885. The van der Waals surface area contributed by atoms with Crippen molar-refractivity contribution in [3.8, 4) is 0 Å². The molecule has 110 valence electrons. The number of carboxylic acid groups (broad SMARTS) is 1. The third-order valence-electron chi connectivity index (χ3n) is 3.31. The van der Waals surface area contributed by atoms with Gasteiger partial charge in [0, 0.05) is 6.07 Å². The van der Waals surface area contributed by atoms with Crippen LogP contribution in [0.1, 0.15) is 51.9 Å². The van der Waals surface area contributed by atoms with E-state index in [4.69, 9.17) is 9.52 Å². The molecule has 1 atom stereocenters. The highest BCUT2D eigenvalue weighted by atomic mass is 16.4. The highest BCUT2D eigenvalue weighted by Crippen LogP contribution is 2.15. The van der Waals surface area contributed by atoms with Crippen LogP contribution in [-0.4, -0.2) is 17.0 Å². The summed E-state index contributed by atoms with van der Waals surface area (Å²) in [5.41, 5.74) is 2.17. The Morgan fingerprint density at radius 1 is 1.29 bits per heavy atom. The van der Waals surface area contributed by atoms with Gasteiger partial charge in [0.2, 0.25) is 0 Å².